The summed E-state index contributed by atoms with van der Waals surface area (Å²) in [5, 5.41) is 2.41. The molecule has 3 heterocycles. The minimum Gasteiger partial charge on any atom is -0.481 e. The monoisotopic (exact) mass is 347 g/mol. The van der Waals surface area contributed by atoms with Crippen molar-refractivity contribution in [2.45, 2.75) is 32.2 Å². The van der Waals surface area contributed by atoms with Crippen LogP contribution in [0.4, 0.5) is 0 Å². The number of rotatable bonds is 5. The molecule has 0 bridgehead atoms. The average Bonchev–Trinajstić information content (AvgIpc) is 3.10. The maximum Gasteiger partial charge on any atom is 0.212 e. The smallest absolute Gasteiger partial charge is 0.212 e. The predicted octanol–water partition coefficient (Wildman–Crippen LogP) is 4.33. The van der Waals surface area contributed by atoms with E-state index in [9.17, 15) is 0 Å². The Kier molecular flexibility index (Phi) is 4.85. The number of pyridine rings is 2. The number of benzene rings is 1. The van der Waals surface area contributed by atoms with Crippen molar-refractivity contribution in [2.75, 3.05) is 20.2 Å². The Morgan fingerprint density at radius 2 is 1.92 bits per heavy atom. The van der Waals surface area contributed by atoms with E-state index in [4.69, 9.17) is 9.72 Å². The summed E-state index contributed by atoms with van der Waals surface area (Å²) in [6.45, 7) is 4.67. The molecule has 1 aromatic carbocycles. The molecular formula is C22H25N3O. The zero-order chi connectivity index (χ0) is 17.9. The highest BCUT2D eigenvalue weighted by Gasteiger charge is 2.19. The minimum atomic E-state index is 0.633. The first-order valence-electron chi connectivity index (χ1n) is 9.36. The van der Waals surface area contributed by atoms with Crippen LogP contribution in [0, 0.1) is 0 Å². The Hall–Kier alpha value is -2.46. The third kappa shape index (κ3) is 3.56. The molecule has 4 heteroatoms. The summed E-state index contributed by atoms with van der Waals surface area (Å²) in [6.07, 6.45) is 7.52. The van der Waals surface area contributed by atoms with Gasteiger partial charge in [0.1, 0.15) is 0 Å². The number of likely N-dealkylation sites (tertiary alicyclic amines) is 1. The van der Waals surface area contributed by atoms with Crippen LogP contribution in [-0.2, 0) is 6.42 Å². The summed E-state index contributed by atoms with van der Waals surface area (Å²) in [7, 11) is 1.63. The van der Waals surface area contributed by atoms with Gasteiger partial charge in [-0.15, -0.1) is 0 Å². The molecule has 0 amide bonds. The SMILES string of the molecule is COc1ccc(-c2ccc3cc(CCN4CCCC4C)ncc3c2)cn1. The van der Waals surface area contributed by atoms with Gasteiger partial charge in [-0.1, -0.05) is 12.1 Å². The number of nitrogens with zero attached hydrogens (tertiary/aromatic N) is 3. The Morgan fingerprint density at radius 1 is 1.04 bits per heavy atom. The molecule has 4 nitrogen and oxygen atoms in total. The molecule has 1 saturated heterocycles. The van der Waals surface area contributed by atoms with Crippen molar-refractivity contribution in [3.05, 3.63) is 54.5 Å². The van der Waals surface area contributed by atoms with Crippen LogP contribution in [0.25, 0.3) is 21.9 Å². The zero-order valence-corrected chi connectivity index (χ0v) is 15.5. The van der Waals surface area contributed by atoms with Crippen molar-refractivity contribution in [3.63, 3.8) is 0 Å². The lowest BCUT2D eigenvalue weighted by molar-refractivity contribution is 0.271. The third-order valence-electron chi connectivity index (χ3n) is 5.40. The lowest BCUT2D eigenvalue weighted by Gasteiger charge is -2.20. The number of fused-ring (bicyclic) bond motifs is 1. The Labute approximate surface area is 154 Å². The highest BCUT2D eigenvalue weighted by molar-refractivity contribution is 5.86. The van der Waals surface area contributed by atoms with Gasteiger partial charge in [0.05, 0.1) is 7.11 Å². The second kappa shape index (κ2) is 7.42. The third-order valence-corrected chi connectivity index (χ3v) is 5.40. The highest BCUT2D eigenvalue weighted by atomic mass is 16.5. The molecule has 0 saturated carbocycles. The number of hydrogen-bond donors (Lipinski definition) is 0. The molecule has 1 aliphatic rings. The van der Waals surface area contributed by atoms with E-state index in [1.807, 2.05) is 24.5 Å². The van der Waals surface area contributed by atoms with Crippen molar-refractivity contribution in [3.8, 4) is 17.0 Å². The normalized spacial score (nSPS) is 17.7. The highest BCUT2D eigenvalue weighted by Crippen LogP contribution is 2.25. The van der Waals surface area contributed by atoms with E-state index < -0.39 is 0 Å². The summed E-state index contributed by atoms with van der Waals surface area (Å²) >= 11 is 0. The fourth-order valence-electron chi connectivity index (χ4n) is 3.76. The lowest BCUT2D eigenvalue weighted by atomic mass is 10.0. The number of ether oxygens (including phenoxy) is 1. The molecule has 134 valence electrons. The fourth-order valence-corrected chi connectivity index (χ4v) is 3.76. The standard InChI is InChI=1S/C22H25N3O/c1-16-4-3-10-25(16)11-9-21-13-18-6-5-17(12-20(18)15-23-21)19-7-8-22(26-2)24-14-19/h5-8,12-16H,3-4,9-11H2,1-2H3. The zero-order valence-electron chi connectivity index (χ0n) is 15.5. The summed E-state index contributed by atoms with van der Waals surface area (Å²) in [5.74, 6) is 0.633. The van der Waals surface area contributed by atoms with Crippen LogP contribution >= 0.6 is 0 Å². The molecule has 3 aromatic rings. The van der Waals surface area contributed by atoms with Gasteiger partial charge in [-0.2, -0.15) is 0 Å². The predicted molar refractivity (Wildman–Crippen MR) is 105 cm³/mol. The molecule has 1 unspecified atom stereocenters. The van der Waals surface area contributed by atoms with Gasteiger partial charge in [0.25, 0.3) is 0 Å². The summed E-state index contributed by atoms with van der Waals surface area (Å²) in [6, 6.07) is 13.4. The van der Waals surface area contributed by atoms with Crippen LogP contribution in [0.5, 0.6) is 5.88 Å². The molecule has 0 spiro atoms. The molecule has 0 aliphatic carbocycles. The van der Waals surface area contributed by atoms with Gasteiger partial charge in [-0.3, -0.25) is 4.98 Å². The van der Waals surface area contributed by atoms with Gasteiger partial charge in [-0.05, 0) is 55.5 Å². The molecule has 1 fully saturated rings. The largest absolute Gasteiger partial charge is 0.481 e. The molecule has 4 rings (SSSR count). The molecule has 0 radical (unpaired) electrons. The second-order valence-electron chi connectivity index (χ2n) is 7.10. The fraction of sp³-hybridized carbons (Fsp3) is 0.364. The van der Waals surface area contributed by atoms with Gasteiger partial charge in [0.2, 0.25) is 5.88 Å². The van der Waals surface area contributed by atoms with Crippen LogP contribution in [-0.4, -0.2) is 41.1 Å². The van der Waals surface area contributed by atoms with E-state index in [1.165, 1.54) is 30.5 Å². The van der Waals surface area contributed by atoms with Crippen LogP contribution in [0.3, 0.4) is 0 Å². The van der Waals surface area contributed by atoms with E-state index in [0.29, 0.717) is 5.88 Å². The van der Waals surface area contributed by atoms with Crippen LogP contribution < -0.4 is 4.74 Å². The van der Waals surface area contributed by atoms with E-state index in [0.717, 1.165) is 35.5 Å². The van der Waals surface area contributed by atoms with Gasteiger partial charge in [0.15, 0.2) is 0 Å². The van der Waals surface area contributed by atoms with Gasteiger partial charge >= 0.3 is 0 Å². The van der Waals surface area contributed by atoms with Crippen LogP contribution in [0.15, 0.2) is 48.8 Å². The number of methoxy groups -OCH3 is 1. The average molecular weight is 347 g/mol. The van der Waals surface area contributed by atoms with Crippen molar-refractivity contribution >= 4 is 10.8 Å². The van der Waals surface area contributed by atoms with Gasteiger partial charge < -0.3 is 9.64 Å². The first-order chi connectivity index (χ1) is 12.7. The Bertz CT molecular complexity index is 892. The lowest BCUT2D eigenvalue weighted by Crippen LogP contribution is -2.29. The van der Waals surface area contributed by atoms with E-state index >= 15 is 0 Å². The maximum atomic E-state index is 5.13. The molecule has 1 aliphatic heterocycles. The second-order valence-corrected chi connectivity index (χ2v) is 7.10. The van der Waals surface area contributed by atoms with Crippen molar-refractivity contribution in [1.82, 2.24) is 14.9 Å². The van der Waals surface area contributed by atoms with Gasteiger partial charge in [-0.25, -0.2) is 4.98 Å². The molecule has 2 aromatic heterocycles. The Balaban J connectivity index is 1.52. The first-order valence-corrected chi connectivity index (χ1v) is 9.36. The molecule has 26 heavy (non-hydrogen) atoms. The van der Waals surface area contributed by atoms with Crippen LogP contribution in [0.1, 0.15) is 25.5 Å². The topological polar surface area (TPSA) is 38.2 Å². The quantitative estimate of drug-likeness (QED) is 0.688. The Morgan fingerprint density at radius 3 is 2.65 bits per heavy atom. The summed E-state index contributed by atoms with van der Waals surface area (Å²) in [5.41, 5.74) is 3.41. The van der Waals surface area contributed by atoms with Gasteiger partial charge in [0, 0.05) is 54.1 Å². The molecule has 0 N–H and O–H groups in total. The number of aromatic nitrogens is 2. The van der Waals surface area contributed by atoms with Crippen molar-refractivity contribution in [1.29, 1.82) is 0 Å². The van der Waals surface area contributed by atoms with Crippen molar-refractivity contribution < 1.29 is 4.74 Å². The minimum absolute atomic E-state index is 0.633. The van der Waals surface area contributed by atoms with Crippen LogP contribution in [0.2, 0.25) is 0 Å². The first kappa shape index (κ1) is 17.0. The van der Waals surface area contributed by atoms with E-state index in [-0.39, 0.29) is 0 Å². The molecular weight excluding hydrogens is 322 g/mol. The van der Waals surface area contributed by atoms with E-state index in [2.05, 4.69) is 41.1 Å². The summed E-state index contributed by atoms with van der Waals surface area (Å²) in [4.78, 5) is 11.6. The maximum absolute atomic E-state index is 5.13. The molecule has 1 atom stereocenters. The summed E-state index contributed by atoms with van der Waals surface area (Å²) < 4.78 is 5.13. The number of hydrogen-bond acceptors (Lipinski definition) is 4. The van der Waals surface area contributed by atoms with E-state index in [1.54, 1.807) is 7.11 Å². The van der Waals surface area contributed by atoms with Crippen molar-refractivity contribution in [2.24, 2.45) is 0 Å².